The molecule has 4 aromatic rings. The van der Waals surface area contributed by atoms with Crippen LogP contribution in [0.5, 0.6) is 0 Å². The number of esters is 2. The first kappa shape index (κ1) is 32.6. The van der Waals surface area contributed by atoms with Gasteiger partial charge in [-0.05, 0) is 62.7 Å². The maximum atomic E-state index is 13.6. The van der Waals surface area contributed by atoms with Gasteiger partial charge < -0.3 is 20.1 Å². The molecular weight excluding hydrogens is 633 g/mol. The van der Waals surface area contributed by atoms with Crippen molar-refractivity contribution in [2.45, 2.75) is 32.5 Å². The number of anilines is 1. The third-order valence-electron chi connectivity index (χ3n) is 5.93. The summed E-state index contributed by atoms with van der Waals surface area (Å²) in [6, 6.07) is 12.1. The third-order valence-corrected chi connectivity index (χ3v) is 8.28. The minimum Gasteiger partial charge on any atom is -0.462 e. The van der Waals surface area contributed by atoms with Crippen LogP contribution in [0.3, 0.4) is 0 Å². The van der Waals surface area contributed by atoms with E-state index in [2.05, 4.69) is 20.8 Å². The molecule has 0 saturated carbocycles. The number of nitrogens with zero attached hydrogens (tertiary/aromatic N) is 3. The van der Waals surface area contributed by atoms with Crippen molar-refractivity contribution in [1.82, 2.24) is 20.1 Å². The van der Waals surface area contributed by atoms with Gasteiger partial charge in [0.1, 0.15) is 15.7 Å². The van der Waals surface area contributed by atoms with Crippen LogP contribution in [0.25, 0.3) is 5.69 Å². The summed E-state index contributed by atoms with van der Waals surface area (Å²) in [5, 5.41) is 14.7. The van der Waals surface area contributed by atoms with Gasteiger partial charge >= 0.3 is 11.9 Å². The largest absolute Gasteiger partial charge is 0.462 e. The average Bonchev–Trinajstić information content (AvgIpc) is 3.55. The van der Waals surface area contributed by atoms with Crippen molar-refractivity contribution in [2.24, 2.45) is 0 Å². The minimum absolute atomic E-state index is 0.0599. The lowest BCUT2D eigenvalue weighted by atomic mass is 10.1. The molecule has 0 saturated heterocycles. The SMILES string of the molecule is CCOC(=O)c1sc(NC(=O)CSc2nnc(CNC(=O)c3cccc(F)c3)n2-c2cccc(Cl)c2)c(C(=O)OCC)c1C. The summed E-state index contributed by atoms with van der Waals surface area (Å²) in [5.74, 6) is -2.64. The number of thioether (sulfide) groups is 1. The van der Waals surface area contributed by atoms with E-state index in [4.69, 9.17) is 21.1 Å². The number of hydrogen-bond acceptors (Lipinski definition) is 10. The van der Waals surface area contributed by atoms with Crippen molar-refractivity contribution in [1.29, 1.82) is 0 Å². The van der Waals surface area contributed by atoms with E-state index in [1.807, 2.05) is 0 Å². The molecule has 4 rings (SSSR count). The fourth-order valence-corrected chi connectivity index (χ4v) is 6.07. The Kier molecular flexibility index (Phi) is 11.1. The lowest BCUT2D eigenvalue weighted by molar-refractivity contribution is -0.113. The standard InChI is InChI=1S/C29H27ClFN5O6S2/c1-4-41-27(39)23-16(3)24(28(40)42-5-2)44-26(23)33-22(37)15-43-29-35-34-21(36(29)20-11-7-9-18(30)13-20)14-32-25(38)17-8-6-10-19(31)12-17/h6-13H,4-5,14-15H2,1-3H3,(H,32,38)(H,33,37). The third kappa shape index (κ3) is 7.81. The molecule has 0 aliphatic carbocycles. The van der Waals surface area contributed by atoms with Gasteiger partial charge in [-0.3, -0.25) is 14.2 Å². The fraction of sp³-hybridized carbons (Fsp3) is 0.241. The van der Waals surface area contributed by atoms with Crippen LogP contribution in [0.2, 0.25) is 5.02 Å². The summed E-state index contributed by atoms with van der Waals surface area (Å²) in [5.41, 5.74) is 1.15. The highest BCUT2D eigenvalue weighted by molar-refractivity contribution is 7.99. The fourth-order valence-electron chi connectivity index (χ4n) is 4.01. The van der Waals surface area contributed by atoms with Crippen molar-refractivity contribution in [2.75, 3.05) is 24.3 Å². The highest BCUT2D eigenvalue weighted by atomic mass is 35.5. The van der Waals surface area contributed by atoms with Gasteiger partial charge in [0.05, 0.1) is 36.8 Å². The number of amides is 2. The Balaban J connectivity index is 1.54. The summed E-state index contributed by atoms with van der Waals surface area (Å²) >= 11 is 8.20. The van der Waals surface area contributed by atoms with Crippen LogP contribution in [0.15, 0.2) is 53.7 Å². The Morgan fingerprint density at radius 1 is 1.02 bits per heavy atom. The topological polar surface area (TPSA) is 142 Å². The lowest BCUT2D eigenvalue weighted by Crippen LogP contribution is -2.24. The van der Waals surface area contributed by atoms with Crippen LogP contribution in [0, 0.1) is 12.7 Å². The number of carbonyl (C=O) groups excluding carboxylic acids is 4. The zero-order chi connectivity index (χ0) is 31.8. The number of hydrogen-bond donors (Lipinski definition) is 2. The predicted molar refractivity (Wildman–Crippen MR) is 164 cm³/mol. The second-order valence-corrected chi connectivity index (χ2v) is 11.3. The summed E-state index contributed by atoms with van der Waals surface area (Å²) in [6.07, 6.45) is 0. The molecule has 2 heterocycles. The zero-order valence-electron chi connectivity index (χ0n) is 23.8. The van der Waals surface area contributed by atoms with E-state index in [0.717, 1.165) is 29.2 Å². The van der Waals surface area contributed by atoms with Crippen LogP contribution in [-0.2, 0) is 20.8 Å². The second kappa shape index (κ2) is 14.9. The van der Waals surface area contributed by atoms with Gasteiger partial charge in [0.15, 0.2) is 11.0 Å². The number of halogens is 2. The normalized spacial score (nSPS) is 10.8. The molecule has 2 N–H and O–H groups in total. The molecule has 0 fully saturated rings. The average molecular weight is 660 g/mol. The van der Waals surface area contributed by atoms with Crippen molar-refractivity contribution in [3.05, 3.63) is 86.8 Å². The van der Waals surface area contributed by atoms with E-state index in [1.54, 1.807) is 49.6 Å². The van der Waals surface area contributed by atoms with E-state index in [0.29, 0.717) is 27.3 Å². The second-order valence-electron chi connectivity index (χ2n) is 8.95. The molecule has 230 valence electrons. The lowest BCUT2D eigenvalue weighted by Gasteiger charge is -2.12. The Morgan fingerprint density at radius 3 is 2.45 bits per heavy atom. The molecule has 2 aromatic carbocycles. The number of benzene rings is 2. The maximum absolute atomic E-state index is 13.6. The first-order chi connectivity index (χ1) is 21.1. The number of aromatic nitrogens is 3. The molecule has 2 aromatic heterocycles. The van der Waals surface area contributed by atoms with E-state index < -0.39 is 29.6 Å². The van der Waals surface area contributed by atoms with Gasteiger partial charge in [-0.2, -0.15) is 0 Å². The van der Waals surface area contributed by atoms with Crippen molar-refractivity contribution in [3.63, 3.8) is 0 Å². The molecule has 11 nitrogen and oxygen atoms in total. The smallest absolute Gasteiger partial charge is 0.348 e. The van der Waals surface area contributed by atoms with Gasteiger partial charge in [-0.15, -0.1) is 21.5 Å². The van der Waals surface area contributed by atoms with E-state index in [9.17, 15) is 23.6 Å². The highest BCUT2D eigenvalue weighted by Crippen LogP contribution is 2.35. The van der Waals surface area contributed by atoms with Gasteiger partial charge in [0, 0.05) is 10.6 Å². The number of carbonyl (C=O) groups is 4. The monoisotopic (exact) mass is 659 g/mol. The van der Waals surface area contributed by atoms with E-state index in [-0.39, 0.29) is 46.5 Å². The summed E-state index contributed by atoms with van der Waals surface area (Å²) in [7, 11) is 0. The molecule has 15 heteroatoms. The summed E-state index contributed by atoms with van der Waals surface area (Å²) in [6.45, 7) is 5.09. The van der Waals surface area contributed by atoms with Gasteiger partial charge in [0.2, 0.25) is 5.91 Å². The maximum Gasteiger partial charge on any atom is 0.348 e. The van der Waals surface area contributed by atoms with E-state index >= 15 is 0 Å². The molecule has 2 amide bonds. The van der Waals surface area contributed by atoms with Crippen molar-refractivity contribution < 1.29 is 33.0 Å². The molecule has 0 bridgehead atoms. The molecule has 0 radical (unpaired) electrons. The highest BCUT2D eigenvalue weighted by Gasteiger charge is 2.27. The molecule has 0 aliphatic heterocycles. The zero-order valence-corrected chi connectivity index (χ0v) is 26.2. The minimum atomic E-state index is -0.676. The Labute approximate surface area is 265 Å². The molecule has 0 unspecified atom stereocenters. The van der Waals surface area contributed by atoms with Crippen molar-refractivity contribution >= 4 is 63.5 Å². The number of ether oxygens (including phenoxy) is 2. The van der Waals surface area contributed by atoms with Crippen LogP contribution in [0.4, 0.5) is 9.39 Å². The van der Waals surface area contributed by atoms with Gasteiger partial charge in [-0.25, -0.2) is 14.0 Å². The quantitative estimate of drug-likeness (QED) is 0.150. The van der Waals surface area contributed by atoms with Crippen LogP contribution in [0.1, 0.15) is 55.6 Å². The molecule has 0 spiro atoms. The molecular formula is C29H27ClFN5O6S2. The summed E-state index contributed by atoms with van der Waals surface area (Å²) in [4.78, 5) is 51.0. The van der Waals surface area contributed by atoms with Crippen LogP contribution in [-0.4, -0.2) is 57.5 Å². The Morgan fingerprint density at radius 2 is 1.75 bits per heavy atom. The number of thiophene rings is 1. The van der Waals surface area contributed by atoms with Crippen LogP contribution < -0.4 is 10.6 Å². The first-order valence-electron chi connectivity index (χ1n) is 13.3. The molecule has 0 aliphatic rings. The summed E-state index contributed by atoms with van der Waals surface area (Å²) < 4.78 is 25.5. The number of nitrogens with one attached hydrogen (secondary N) is 2. The predicted octanol–water partition coefficient (Wildman–Crippen LogP) is 5.44. The van der Waals surface area contributed by atoms with Crippen molar-refractivity contribution in [3.8, 4) is 5.69 Å². The molecule has 44 heavy (non-hydrogen) atoms. The first-order valence-corrected chi connectivity index (χ1v) is 15.4. The molecule has 0 atom stereocenters. The Bertz CT molecular complexity index is 1710. The van der Waals surface area contributed by atoms with E-state index in [1.165, 1.54) is 18.2 Å². The van der Waals surface area contributed by atoms with Gasteiger partial charge in [0.25, 0.3) is 5.91 Å². The van der Waals surface area contributed by atoms with Gasteiger partial charge in [-0.1, -0.05) is 35.5 Å². The Hall–Kier alpha value is -4.27. The van der Waals surface area contributed by atoms with Crippen LogP contribution >= 0.6 is 34.7 Å². The number of rotatable bonds is 12.